The first kappa shape index (κ1) is 16.4. The number of phenols is 1. The van der Waals surface area contributed by atoms with Crippen LogP contribution in [0.15, 0.2) is 48.5 Å². The Morgan fingerprint density at radius 3 is 2.33 bits per heavy atom. The summed E-state index contributed by atoms with van der Waals surface area (Å²) in [5, 5.41) is 9.91. The average Bonchev–Trinajstić information content (AvgIpc) is 2.47. The minimum atomic E-state index is -0.623. The van der Waals surface area contributed by atoms with Gasteiger partial charge in [0.15, 0.2) is 5.78 Å². The van der Waals surface area contributed by atoms with E-state index in [9.17, 15) is 14.7 Å². The van der Waals surface area contributed by atoms with Gasteiger partial charge in [0.25, 0.3) is 0 Å². The maximum atomic E-state index is 12.4. The Labute approximate surface area is 122 Å². The highest BCUT2D eigenvalue weighted by molar-refractivity contribution is 6.16. The minimum Gasteiger partial charge on any atom is -0.507 e. The van der Waals surface area contributed by atoms with Crippen LogP contribution >= 0.6 is 0 Å². The summed E-state index contributed by atoms with van der Waals surface area (Å²) in [5.41, 5.74) is 0.442. The van der Waals surface area contributed by atoms with Gasteiger partial charge in [-0.3, -0.25) is 4.79 Å². The van der Waals surface area contributed by atoms with E-state index in [0.717, 1.165) is 0 Å². The zero-order chi connectivity index (χ0) is 14.5. The van der Waals surface area contributed by atoms with Crippen LogP contribution in [0.1, 0.15) is 33.2 Å². The maximum absolute atomic E-state index is 12.4. The molecule has 0 radical (unpaired) electrons. The molecular formula is C16H17NO4. The maximum Gasteiger partial charge on any atom is 0.339 e. The molecule has 2 aromatic carbocycles. The fourth-order valence-electron chi connectivity index (χ4n) is 1.89. The first-order chi connectivity index (χ1) is 9.65. The van der Waals surface area contributed by atoms with E-state index < -0.39 is 11.8 Å². The second kappa shape index (κ2) is 7.21. The molecule has 0 bridgehead atoms. The van der Waals surface area contributed by atoms with E-state index in [2.05, 4.69) is 0 Å². The van der Waals surface area contributed by atoms with Gasteiger partial charge in [-0.05, 0) is 19.1 Å². The Hall–Kier alpha value is -2.66. The monoisotopic (exact) mass is 287 g/mol. The van der Waals surface area contributed by atoms with Crippen LogP contribution in [0.5, 0.6) is 5.75 Å². The molecule has 0 saturated carbocycles. The number of aromatic hydroxyl groups is 1. The molecule has 0 spiro atoms. The number of benzene rings is 2. The Kier molecular flexibility index (Phi) is 5.63. The van der Waals surface area contributed by atoms with Crippen molar-refractivity contribution in [3.8, 4) is 5.75 Å². The summed E-state index contributed by atoms with van der Waals surface area (Å²) in [5.74, 6) is -1.26. The van der Waals surface area contributed by atoms with Crippen LogP contribution in [0.4, 0.5) is 0 Å². The largest absolute Gasteiger partial charge is 0.507 e. The molecule has 0 saturated heterocycles. The van der Waals surface area contributed by atoms with Crippen LogP contribution in [-0.4, -0.2) is 23.5 Å². The summed E-state index contributed by atoms with van der Waals surface area (Å²) in [4.78, 5) is 24.3. The predicted molar refractivity (Wildman–Crippen MR) is 79.0 cm³/mol. The van der Waals surface area contributed by atoms with Crippen molar-refractivity contribution in [1.29, 1.82) is 0 Å². The molecular weight excluding hydrogens is 270 g/mol. The van der Waals surface area contributed by atoms with Crippen LogP contribution in [0.2, 0.25) is 0 Å². The summed E-state index contributed by atoms with van der Waals surface area (Å²) >= 11 is 0. The summed E-state index contributed by atoms with van der Waals surface area (Å²) < 4.78 is 4.91. The molecule has 0 fully saturated rings. The van der Waals surface area contributed by atoms with Crippen LogP contribution in [-0.2, 0) is 4.74 Å². The van der Waals surface area contributed by atoms with Crippen molar-refractivity contribution in [2.75, 3.05) is 6.61 Å². The Morgan fingerprint density at radius 2 is 1.71 bits per heavy atom. The van der Waals surface area contributed by atoms with Crippen molar-refractivity contribution < 1.29 is 19.4 Å². The van der Waals surface area contributed by atoms with Gasteiger partial charge in [0.1, 0.15) is 5.75 Å². The van der Waals surface area contributed by atoms with Gasteiger partial charge in [-0.15, -0.1) is 0 Å². The van der Waals surface area contributed by atoms with Crippen LogP contribution < -0.4 is 6.15 Å². The lowest BCUT2D eigenvalue weighted by molar-refractivity contribution is 0.0523. The number of carbonyl (C=O) groups is 2. The second-order valence-corrected chi connectivity index (χ2v) is 4.12. The van der Waals surface area contributed by atoms with E-state index in [1.54, 1.807) is 37.3 Å². The molecule has 0 aliphatic rings. The van der Waals surface area contributed by atoms with Crippen molar-refractivity contribution >= 4 is 11.8 Å². The highest BCUT2D eigenvalue weighted by atomic mass is 16.5. The second-order valence-electron chi connectivity index (χ2n) is 4.12. The standard InChI is InChI=1S/C16H14O4.H3N/c1-2-20-16(19)12-9-6-10-13(17)14(12)15(18)11-7-4-3-5-8-11;/h3-10,17H,2H2,1H3;1H3. The molecule has 0 atom stereocenters. The van der Waals surface area contributed by atoms with E-state index >= 15 is 0 Å². The van der Waals surface area contributed by atoms with Crippen LogP contribution in [0.3, 0.4) is 0 Å². The molecule has 0 aliphatic carbocycles. The lowest BCUT2D eigenvalue weighted by atomic mass is 9.97. The first-order valence-corrected chi connectivity index (χ1v) is 6.24. The third-order valence-corrected chi connectivity index (χ3v) is 2.80. The number of phenolic OH excluding ortho intramolecular Hbond substituents is 1. The van der Waals surface area contributed by atoms with Crippen molar-refractivity contribution in [2.24, 2.45) is 0 Å². The van der Waals surface area contributed by atoms with E-state index in [1.165, 1.54) is 18.2 Å². The molecule has 0 heterocycles. The van der Waals surface area contributed by atoms with Crippen LogP contribution in [0, 0.1) is 0 Å². The number of carbonyl (C=O) groups excluding carboxylic acids is 2. The number of hydrogen-bond acceptors (Lipinski definition) is 5. The Bertz CT molecular complexity index is 638. The van der Waals surface area contributed by atoms with Crippen molar-refractivity contribution in [3.05, 3.63) is 65.2 Å². The van der Waals surface area contributed by atoms with Crippen molar-refractivity contribution in [2.45, 2.75) is 6.92 Å². The summed E-state index contributed by atoms with van der Waals surface area (Å²) in [6.45, 7) is 1.88. The van der Waals surface area contributed by atoms with Crippen LogP contribution in [0.25, 0.3) is 0 Å². The van der Waals surface area contributed by atoms with E-state index in [0.29, 0.717) is 5.56 Å². The minimum absolute atomic E-state index is 0. The lowest BCUT2D eigenvalue weighted by Crippen LogP contribution is -2.12. The Balaban J connectivity index is 0.00000220. The van der Waals surface area contributed by atoms with Gasteiger partial charge in [0.2, 0.25) is 0 Å². The molecule has 21 heavy (non-hydrogen) atoms. The van der Waals surface area contributed by atoms with Gasteiger partial charge in [-0.2, -0.15) is 0 Å². The molecule has 2 aromatic rings. The molecule has 2 rings (SSSR count). The van der Waals surface area contributed by atoms with Crippen molar-refractivity contribution in [3.63, 3.8) is 0 Å². The SMILES string of the molecule is CCOC(=O)c1cccc(O)c1C(=O)c1ccccc1.N. The molecule has 5 nitrogen and oxygen atoms in total. The number of hydrogen-bond donors (Lipinski definition) is 2. The van der Waals surface area contributed by atoms with Gasteiger partial charge in [0, 0.05) is 5.56 Å². The highest BCUT2D eigenvalue weighted by Gasteiger charge is 2.22. The lowest BCUT2D eigenvalue weighted by Gasteiger charge is -2.09. The van der Waals surface area contributed by atoms with Gasteiger partial charge in [0.05, 0.1) is 17.7 Å². The molecule has 4 N–H and O–H groups in total. The quantitative estimate of drug-likeness (QED) is 0.665. The topological polar surface area (TPSA) is 98.6 Å². The third-order valence-electron chi connectivity index (χ3n) is 2.80. The van der Waals surface area contributed by atoms with E-state index in [4.69, 9.17) is 4.74 Å². The molecule has 0 unspecified atom stereocenters. The Morgan fingerprint density at radius 1 is 1.05 bits per heavy atom. The molecule has 0 aliphatic heterocycles. The highest BCUT2D eigenvalue weighted by Crippen LogP contribution is 2.25. The summed E-state index contributed by atoms with van der Waals surface area (Å²) in [7, 11) is 0. The van der Waals surface area contributed by atoms with E-state index in [1.807, 2.05) is 0 Å². The zero-order valence-electron chi connectivity index (χ0n) is 11.7. The number of ether oxygens (including phenoxy) is 1. The molecule has 5 heteroatoms. The van der Waals surface area contributed by atoms with Gasteiger partial charge < -0.3 is 16.0 Å². The predicted octanol–water partition coefficient (Wildman–Crippen LogP) is 2.96. The number of ketones is 1. The summed E-state index contributed by atoms with van der Waals surface area (Å²) in [6, 6.07) is 12.8. The molecule has 0 aromatic heterocycles. The zero-order valence-corrected chi connectivity index (χ0v) is 11.7. The molecule has 110 valence electrons. The van der Waals surface area contributed by atoms with Crippen molar-refractivity contribution in [1.82, 2.24) is 6.15 Å². The van der Waals surface area contributed by atoms with Gasteiger partial charge in [-0.25, -0.2) is 4.79 Å². The van der Waals surface area contributed by atoms with E-state index in [-0.39, 0.29) is 29.6 Å². The fourth-order valence-corrected chi connectivity index (χ4v) is 1.89. The fraction of sp³-hybridized carbons (Fsp3) is 0.125. The number of esters is 1. The first-order valence-electron chi connectivity index (χ1n) is 6.24. The van der Waals surface area contributed by atoms with Gasteiger partial charge >= 0.3 is 5.97 Å². The normalized spacial score (nSPS) is 9.57. The number of rotatable bonds is 4. The summed E-state index contributed by atoms with van der Waals surface area (Å²) in [6.07, 6.45) is 0. The van der Waals surface area contributed by atoms with Gasteiger partial charge in [-0.1, -0.05) is 36.4 Å². The molecule has 0 amide bonds. The smallest absolute Gasteiger partial charge is 0.339 e. The average molecular weight is 287 g/mol. The third kappa shape index (κ3) is 3.46.